The van der Waals surface area contributed by atoms with E-state index in [4.69, 9.17) is 11.6 Å². The lowest BCUT2D eigenvalue weighted by molar-refractivity contribution is -0.141. The number of amides is 2. The zero-order valence-electron chi connectivity index (χ0n) is 20.3. The number of carbonyl (C=O) groups excluding carboxylic acids is 2. The molecule has 0 heterocycles. The number of benzene rings is 3. The Morgan fingerprint density at radius 1 is 0.914 bits per heavy atom. The fraction of sp³-hybridized carbons (Fsp3) is 0.333. The number of nitrogens with zero attached hydrogens (tertiary/aromatic N) is 1. The van der Waals surface area contributed by atoms with Gasteiger partial charge in [0, 0.05) is 24.0 Å². The lowest BCUT2D eigenvalue weighted by atomic mass is 10.0. The van der Waals surface area contributed by atoms with Gasteiger partial charge >= 0.3 is 0 Å². The van der Waals surface area contributed by atoms with Gasteiger partial charge in [0.25, 0.3) is 0 Å². The summed E-state index contributed by atoms with van der Waals surface area (Å²) in [5.41, 5.74) is 4.03. The van der Waals surface area contributed by atoms with Crippen molar-refractivity contribution in [1.82, 2.24) is 10.2 Å². The molecule has 35 heavy (non-hydrogen) atoms. The van der Waals surface area contributed by atoms with Crippen molar-refractivity contribution < 1.29 is 9.59 Å². The van der Waals surface area contributed by atoms with Crippen LogP contribution in [0.15, 0.2) is 78.9 Å². The van der Waals surface area contributed by atoms with Crippen LogP contribution in [0.1, 0.15) is 47.9 Å². The summed E-state index contributed by atoms with van der Waals surface area (Å²) >= 11 is 6.10. The number of halogens is 1. The summed E-state index contributed by atoms with van der Waals surface area (Å²) < 4.78 is 0. The molecular weight excluding hydrogens is 456 g/mol. The average Bonchev–Trinajstić information content (AvgIpc) is 3.36. The molecule has 1 saturated carbocycles. The first-order valence-corrected chi connectivity index (χ1v) is 12.8. The highest BCUT2D eigenvalue weighted by atomic mass is 35.5. The van der Waals surface area contributed by atoms with E-state index in [0.717, 1.165) is 47.9 Å². The maximum absolute atomic E-state index is 13.8. The third kappa shape index (κ3) is 7.19. The standard InChI is InChI=1S/C30H33ClN2O2/c1-22-8-7-11-25(18-22)20-29(34)33(21-24-14-16-26(31)17-15-24)28(19-23-9-3-2-4-10-23)30(35)32-27-12-5-6-13-27/h2-4,7-11,14-18,27-28H,5-6,12-13,19-21H2,1H3,(H,32,35)/t28-/m0/s1. The van der Waals surface area contributed by atoms with Gasteiger partial charge in [-0.25, -0.2) is 0 Å². The molecule has 3 aromatic carbocycles. The van der Waals surface area contributed by atoms with Crippen LogP contribution in [0.3, 0.4) is 0 Å². The Bertz CT molecular complexity index is 1120. The summed E-state index contributed by atoms with van der Waals surface area (Å²) in [6.07, 6.45) is 4.98. The summed E-state index contributed by atoms with van der Waals surface area (Å²) in [6, 6.07) is 25.0. The fourth-order valence-corrected chi connectivity index (χ4v) is 4.93. The predicted molar refractivity (Wildman–Crippen MR) is 141 cm³/mol. The number of nitrogens with one attached hydrogen (secondary N) is 1. The molecule has 0 bridgehead atoms. The second-order valence-corrected chi connectivity index (χ2v) is 9.95. The lowest BCUT2D eigenvalue weighted by Gasteiger charge is -2.32. The molecule has 5 heteroatoms. The average molecular weight is 489 g/mol. The van der Waals surface area contributed by atoms with Gasteiger partial charge in [0.05, 0.1) is 6.42 Å². The molecule has 4 rings (SSSR count). The van der Waals surface area contributed by atoms with Crippen molar-refractivity contribution in [3.05, 3.63) is 106 Å². The number of hydrogen-bond donors (Lipinski definition) is 1. The summed E-state index contributed by atoms with van der Waals surface area (Å²) in [7, 11) is 0. The van der Waals surface area contributed by atoms with Gasteiger partial charge in [0.15, 0.2) is 0 Å². The first-order chi connectivity index (χ1) is 17.0. The first kappa shape index (κ1) is 25.0. The Morgan fingerprint density at radius 2 is 1.60 bits per heavy atom. The van der Waals surface area contributed by atoms with Gasteiger partial charge in [-0.05, 0) is 48.6 Å². The maximum atomic E-state index is 13.8. The highest BCUT2D eigenvalue weighted by Gasteiger charge is 2.32. The summed E-state index contributed by atoms with van der Waals surface area (Å²) in [5.74, 6) is -0.139. The molecule has 0 aliphatic heterocycles. The Labute approximate surface area is 213 Å². The van der Waals surface area contributed by atoms with E-state index in [9.17, 15) is 9.59 Å². The van der Waals surface area contributed by atoms with Crippen molar-refractivity contribution >= 4 is 23.4 Å². The minimum atomic E-state index is -0.606. The van der Waals surface area contributed by atoms with E-state index < -0.39 is 6.04 Å². The van der Waals surface area contributed by atoms with Gasteiger partial charge in [-0.15, -0.1) is 0 Å². The molecule has 3 aromatic rings. The molecule has 1 atom stereocenters. The highest BCUT2D eigenvalue weighted by Crippen LogP contribution is 2.21. The largest absolute Gasteiger partial charge is 0.352 e. The van der Waals surface area contributed by atoms with Crippen molar-refractivity contribution in [3.63, 3.8) is 0 Å². The van der Waals surface area contributed by atoms with Gasteiger partial charge in [-0.1, -0.05) is 96.7 Å². The summed E-state index contributed by atoms with van der Waals surface area (Å²) in [4.78, 5) is 29.2. The molecule has 1 aliphatic rings. The Hall–Kier alpha value is -3.11. The van der Waals surface area contributed by atoms with E-state index in [0.29, 0.717) is 18.0 Å². The zero-order chi connectivity index (χ0) is 24.6. The van der Waals surface area contributed by atoms with E-state index in [1.54, 1.807) is 4.90 Å². The fourth-order valence-electron chi connectivity index (χ4n) is 4.81. The Morgan fingerprint density at radius 3 is 2.29 bits per heavy atom. The normalized spacial score (nSPS) is 14.5. The number of carbonyl (C=O) groups is 2. The molecule has 0 unspecified atom stereocenters. The van der Waals surface area contributed by atoms with Gasteiger partial charge in [0.1, 0.15) is 6.04 Å². The molecule has 0 saturated heterocycles. The van der Waals surface area contributed by atoms with E-state index in [-0.39, 0.29) is 24.3 Å². The van der Waals surface area contributed by atoms with E-state index in [1.807, 2.05) is 85.8 Å². The molecule has 1 N–H and O–H groups in total. The van der Waals surface area contributed by atoms with Crippen LogP contribution in [0.2, 0.25) is 5.02 Å². The van der Waals surface area contributed by atoms with Crippen LogP contribution in [-0.2, 0) is 29.0 Å². The van der Waals surface area contributed by atoms with Crippen LogP contribution in [0.4, 0.5) is 0 Å². The van der Waals surface area contributed by atoms with Gasteiger partial charge in [-0.3, -0.25) is 9.59 Å². The monoisotopic (exact) mass is 488 g/mol. The molecule has 2 amide bonds. The van der Waals surface area contributed by atoms with Crippen molar-refractivity contribution in [3.8, 4) is 0 Å². The Kier molecular flexibility index (Phi) is 8.59. The number of rotatable bonds is 9. The van der Waals surface area contributed by atoms with Gasteiger partial charge in [0.2, 0.25) is 11.8 Å². The summed E-state index contributed by atoms with van der Waals surface area (Å²) in [5, 5.41) is 3.89. The number of aryl methyl sites for hydroxylation is 1. The second-order valence-electron chi connectivity index (χ2n) is 9.51. The SMILES string of the molecule is Cc1cccc(CC(=O)N(Cc2ccc(Cl)cc2)[C@@H](Cc2ccccc2)C(=O)NC2CCCC2)c1. The molecule has 0 aromatic heterocycles. The first-order valence-electron chi connectivity index (χ1n) is 12.4. The second kappa shape index (κ2) is 12.0. The van der Waals surface area contributed by atoms with Crippen LogP contribution in [-0.4, -0.2) is 28.8 Å². The molecule has 0 spiro atoms. The van der Waals surface area contributed by atoms with Crippen molar-refractivity contribution in [2.24, 2.45) is 0 Å². The third-order valence-electron chi connectivity index (χ3n) is 6.68. The third-order valence-corrected chi connectivity index (χ3v) is 6.93. The highest BCUT2D eigenvalue weighted by molar-refractivity contribution is 6.30. The molecule has 4 nitrogen and oxygen atoms in total. The van der Waals surface area contributed by atoms with Crippen molar-refractivity contribution in [1.29, 1.82) is 0 Å². The molecule has 0 radical (unpaired) electrons. The number of hydrogen-bond acceptors (Lipinski definition) is 2. The Balaban J connectivity index is 1.65. The molecular formula is C30H33ClN2O2. The topological polar surface area (TPSA) is 49.4 Å². The smallest absolute Gasteiger partial charge is 0.243 e. The molecule has 1 aliphatic carbocycles. The minimum absolute atomic E-state index is 0.0620. The van der Waals surface area contributed by atoms with Gasteiger partial charge < -0.3 is 10.2 Å². The quantitative estimate of drug-likeness (QED) is 0.408. The van der Waals surface area contributed by atoms with Crippen LogP contribution >= 0.6 is 11.6 Å². The summed E-state index contributed by atoms with van der Waals surface area (Å²) in [6.45, 7) is 2.37. The van der Waals surface area contributed by atoms with Crippen molar-refractivity contribution in [2.45, 2.75) is 64.1 Å². The minimum Gasteiger partial charge on any atom is -0.352 e. The zero-order valence-corrected chi connectivity index (χ0v) is 21.0. The van der Waals surface area contributed by atoms with E-state index in [2.05, 4.69) is 5.32 Å². The van der Waals surface area contributed by atoms with Crippen LogP contribution < -0.4 is 5.32 Å². The van der Waals surface area contributed by atoms with Crippen LogP contribution in [0, 0.1) is 6.92 Å². The van der Waals surface area contributed by atoms with E-state index >= 15 is 0 Å². The molecule has 1 fully saturated rings. The maximum Gasteiger partial charge on any atom is 0.243 e. The van der Waals surface area contributed by atoms with Crippen LogP contribution in [0.5, 0.6) is 0 Å². The van der Waals surface area contributed by atoms with Crippen LogP contribution in [0.25, 0.3) is 0 Å². The predicted octanol–water partition coefficient (Wildman–Crippen LogP) is 5.89. The van der Waals surface area contributed by atoms with Crippen molar-refractivity contribution in [2.75, 3.05) is 0 Å². The lowest BCUT2D eigenvalue weighted by Crippen LogP contribution is -2.52. The van der Waals surface area contributed by atoms with Gasteiger partial charge in [-0.2, -0.15) is 0 Å². The molecule has 182 valence electrons. The van der Waals surface area contributed by atoms with E-state index in [1.165, 1.54) is 0 Å².